The number of hydrogen-bond donors (Lipinski definition) is 1. The Balaban J connectivity index is 1.77. The summed E-state index contributed by atoms with van der Waals surface area (Å²) in [4.78, 5) is 1.45. The Bertz CT molecular complexity index is 276. The average Bonchev–Trinajstić information content (AvgIpc) is 2.89. The lowest BCUT2D eigenvalue weighted by Crippen LogP contribution is -2.34. The minimum atomic E-state index is 0.539. The van der Waals surface area contributed by atoms with Crippen LogP contribution in [0.3, 0.4) is 0 Å². The van der Waals surface area contributed by atoms with E-state index < -0.39 is 0 Å². The highest BCUT2D eigenvalue weighted by atomic mass is 32.2. The van der Waals surface area contributed by atoms with Crippen molar-refractivity contribution in [2.24, 2.45) is 0 Å². The van der Waals surface area contributed by atoms with Crippen LogP contribution in [0.15, 0.2) is 17.5 Å². The van der Waals surface area contributed by atoms with Crippen LogP contribution < -0.4 is 5.32 Å². The lowest BCUT2D eigenvalue weighted by molar-refractivity contribution is 0.536. The molecule has 0 atom stereocenters. The number of nitrogens with one attached hydrogen (secondary N) is 1. The minimum Gasteiger partial charge on any atom is -0.310 e. The van der Waals surface area contributed by atoms with E-state index in [0.29, 0.717) is 4.75 Å². The lowest BCUT2D eigenvalue weighted by Gasteiger charge is -2.26. The summed E-state index contributed by atoms with van der Waals surface area (Å²) in [6, 6.07) is 4.33. The van der Waals surface area contributed by atoms with Crippen molar-refractivity contribution in [3.05, 3.63) is 22.4 Å². The van der Waals surface area contributed by atoms with Gasteiger partial charge < -0.3 is 5.32 Å². The second-order valence-corrected chi connectivity index (χ2v) is 6.58. The Kier molecular flexibility index (Phi) is 4.12. The zero-order valence-corrected chi connectivity index (χ0v) is 10.9. The molecule has 0 bridgehead atoms. The standard InChI is InChI=1S/C12H19NS2/c1-14-12(6-2-3-7-12)10-13-9-11-5-4-8-15-11/h4-5,8,13H,2-3,6-7,9-10H2,1H3. The fraction of sp³-hybridized carbons (Fsp3) is 0.667. The molecule has 1 aliphatic carbocycles. The second kappa shape index (κ2) is 5.37. The van der Waals surface area contributed by atoms with Gasteiger partial charge in [-0.1, -0.05) is 18.9 Å². The highest BCUT2D eigenvalue weighted by Crippen LogP contribution is 2.39. The Hall–Kier alpha value is 0.01000. The van der Waals surface area contributed by atoms with Crippen LogP contribution >= 0.6 is 23.1 Å². The van der Waals surface area contributed by atoms with Gasteiger partial charge in [-0.2, -0.15) is 11.8 Å². The molecular weight excluding hydrogens is 222 g/mol. The van der Waals surface area contributed by atoms with Gasteiger partial charge in [0.15, 0.2) is 0 Å². The molecule has 0 amide bonds. The summed E-state index contributed by atoms with van der Waals surface area (Å²) >= 11 is 3.90. The molecule has 1 saturated carbocycles. The third-order valence-corrected chi connectivity index (χ3v) is 5.57. The molecule has 0 radical (unpaired) electrons. The summed E-state index contributed by atoms with van der Waals surface area (Å²) < 4.78 is 0.539. The second-order valence-electron chi connectivity index (χ2n) is 4.28. The third kappa shape index (κ3) is 2.99. The van der Waals surface area contributed by atoms with Crippen molar-refractivity contribution >= 4 is 23.1 Å². The van der Waals surface area contributed by atoms with Crippen molar-refractivity contribution in [2.75, 3.05) is 12.8 Å². The van der Waals surface area contributed by atoms with Crippen molar-refractivity contribution in [3.8, 4) is 0 Å². The number of hydrogen-bond acceptors (Lipinski definition) is 3. The van der Waals surface area contributed by atoms with Gasteiger partial charge in [0.25, 0.3) is 0 Å². The van der Waals surface area contributed by atoms with Crippen molar-refractivity contribution < 1.29 is 0 Å². The van der Waals surface area contributed by atoms with E-state index in [9.17, 15) is 0 Å². The molecule has 1 nitrogen and oxygen atoms in total. The van der Waals surface area contributed by atoms with Gasteiger partial charge in [0.1, 0.15) is 0 Å². The van der Waals surface area contributed by atoms with Gasteiger partial charge >= 0.3 is 0 Å². The summed E-state index contributed by atoms with van der Waals surface area (Å²) in [5, 5.41) is 5.76. The maximum atomic E-state index is 3.61. The summed E-state index contributed by atoms with van der Waals surface area (Å²) in [5.41, 5.74) is 0. The fourth-order valence-electron chi connectivity index (χ4n) is 2.30. The molecule has 1 N–H and O–H groups in total. The summed E-state index contributed by atoms with van der Waals surface area (Å²) in [5.74, 6) is 0. The van der Waals surface area contributed by atoms with Crippen LogP contribution in [0.4, 0.5) is 0 Å². The van der Waals surface area contributed by atoms with Crippen LogP contribution in [0.25, 0.3) is 0 Å². The smallest absolute Gasteiger partial charge is 0.0300 e. The van der Waals surface area contributed by atoms with Crippen LogP contribution in [-0.2, 0) is 6.54 Å². The Morgan fingerprint density at radius 1 is 1.47 bits per heavy atom. The minimum absolute atomic E-state index is 0.539. The monoisotopic (exact) mass is 241 g/mol. The van der Waals surface area contributed by atoms with Gasteiger partial charge in [0.2, 0.25) is 0 Å². The summed E-state index contributed by atoms with van der Waals surface area (Å²) in [6.07, 6.45) is 7.89. The van der Waals surface area contributed by atoms with Gasteiger partial charge in [-0.05, 0) is 30.5 Å². The molecule has 1 aromatic heterocycles. The predicted molar refractivity (Wildman–Crippen MR) is 70.7 cm³/mol. The predicted octanol–water partition coefficient (Wildman–Crippen LogP) is 3.51. The van der Waals surface area contributed by atoms with Crippen LogP contribution in [0.5, 0.6) is 0 Å². The topological polar surface area (TPSA) is 12.0 Å². The maximum Gasteiger partial charge on any atom is 0.0300 e. The molecule has 1 fully saturated rings. The summed E-state index contributed by atoms with van der Waals surface area (Å²) in [6.45, 7) is 2.21. The molecule has 3 heteroatoms. The van der Waals surface area contributed by atoms with E-state index in [1.54, 1.807) is 0 Å². The average molecular weight is 241 g/mol. The van der Waals surface area contributed by atoms with Crippen molar-refractivity contribution in [1.29, 1.82) is 0 Å². The van der Waals surface area contributed by atoms with Crippen LogP contribution in [0.2, 0.25) is 0 Å². The molecule has 0 aromatic carbocycles. The first-order valence-corrected chi connectivity index (χ1v) is 7.73. The van der Waals surface area contributed by atoms with Gasteiger partial charge in [0.05, 0.1) is 0 Å². The highest BCUT2D eigenvalue weighted by molar-refractivity contribution is 8.00. The number of thiophene rings is 1. The van der Waals surface area contributed by atoms with Gasteiger partial charge in [-0.15, -0.1) is 11.3 Å². The molecule has 1 aromatic rings. The van der Waals surface area contributed by atoms with E-state index in [4.69, 9.17) is 0 Å². The Labute approximate surface area is 101 Å². The van der Waals surface area contributed by atoms with E-state index in [1.807, 2.05) is 11.3 Å². The van der Waals surface area contributed by atoms with Crippen LogP contribution in [0, 0.1) is 0 Å². The SMILES string of the molecule is CSC1(CNCc2cccs2)CCCC1. The Morgan fingerprint density at radius 2 is 2.27 bits per heavy atom. The molecule has 0 aliphatic heterocycles. The van der Waals surface area contributed by atoms with Gasteiger partial charge in [0, 0.05) is 22.7 Å². The maximum absolute atomic E-state index is 3.61. The number of rotatable bonds is 5. The van der Waals surface area contributed by atoms with E-state index >= 15 is 0 Å². The largest absolute Gasteiger partial charge is 0.310 e. The van der Waals surface area contributed by atoms with E-state index in [-0.39, 0.29) is 0 Å². The molecule has 2 rings (SSSR count). The number of thioether (sulfide) groups is 1. The van der Waals surface area contributed by atoms with Crippen molar-refractivity contribution in [1.82, 2.24) is 5.32 Å². The van der Waals surface area contributed by atoms with E-state index in [0.717, 1.165) is 6.54 Å². The van der Waals surface area contributed by atoms with Crippen molar-refractivity contribution in [3.63, 3.8) is 0 Å². The quantitative estimate of drug-likeness (QED) is 0.846. The molecule has 15 heavy (non-hydrogen) atoms. The third-order valence-electron chi connectivity index (χ3n) is 3.27. The van der Waals surface area contributed by atoms with Gasteiger partial charge in [-0.25, -0.2) is 0 Å². The molecule has 0 unspecified atom stereocenters. The molecule has 1 heterocycles. The normalized spacial score (nSPS) is 19.5. The fourth-order valence-corrected chi connectivity index (χ4v) is 3.92. The van der Waals surface area contributed by atoms with E-state index in [1.165, 1.54) is 37.1 Å². The zero-order valence-electron chi connectivity index (χ0n) is 9.29. The summed E-state index contributed by atoms with van der Waals surface area (Å²) in [7, 11) is 0. The first-order chi connectivity index (χ1) is 7.35. The molecule has 1 aliphatic rings. The molecule has 0 saturated heterocycles. The first-order valence-electron chi connectivity index (χ1n) is 5.63. The molecule has 0 spiro atoms. The zero-order chi connectivity index (χ0) is 10.6. The Morgan fingerprint density at radius 3 is 2.87 bits per heavy atom. The molecule has 84 valence electrons. The highest BCUT2D eigenvalue weighted by Gasteiger charge is 2.32. The van der Waals surface area contributed by atoms with Crippen LogP contribution in [-0.4, -0.2) is 17.5 Å². The molecular formula is C12H19NS2. The first kappa shape index (κ1) is 11.5. The van der Waals surface area contributed by atoms with Crippen LogP contribution in [0.1, 0.15) is 30.6 Å². The van der Waals surface area contributed by atoms with Gasteiger partial charge in [-0.3, -0.25) is 0 Å². The lowest BCUT2D eigenvalue weighted by atomic mass is 10.1. The van der Waals surface area contributed by atoms with E-state index in [2.05, 4.69) is 40.8 Å². The van der Waals surface area contributed by atoms with Crippen molar-refractivity contribution in [2.45, 2.75) is 37.0 Å².